The van der Waals surface area contributed by atoms with Crippen LogP contribution >= 0.6 is 25.6 Å². The van der Waals surface area contributed by atoms with Crippen LogP contribution in [0.4, 0.5) is 0 Å². The molecule has 58 heavy (non-hydrogen) atoms. The van der Waals surface area contributed by atoms with E-state index in [1.165, 1.54) is 141 Å². The number of carbonyl (C=O) groups is 1. The summed E-state index contributed by atoms with van der Waals surface area (Å²) in [6.45, 7) is 7.36. The van der Waals surface area contributed by atoms with Crippen molar-refractivity contribution >= 4 is 37.8 Å². The number of aliphatic imine (C=N–C) groups is 1. The normalized spacial score (nSPS) is 16.8. The summed E-state index contributed by atoms with van der Waals surface area (Å²) in [4.78, 5) is 17.7. The second kappa shape index (κ2) is 43.8. The van der Waals surface area contributed by atoms with E-state index in [9.17, 15) is 4.79 Å². The second-order valence-corrected chi connectivity index (χ2v) is 18.3. The highest BCUT2D eigenvalue weighted by Gasteiger charge is 2.26. The summed E-state index contributed by atoms with van der Waals surface area (Å²) in [5, 5.41) is 0. The molecule has 0 aromatic rings. The Labute approximate surface area is 371 Å². The van der Waals surface area contributed by atoms with Crippen LogP contribution in [0.2, 0.25) is 0 Å². The number of nitrogens with zero attached hydrogens (tertiary/aromatic N) is 2. The molecule has 0 aromatic heterocycles. The van der Waals surface area contributed by atoms with Gasteiger partial charge in [0.2, 0.25) is 0 Å². The lowest BCUT2D eigenvalue weighted by Crippen LogP contribution is -2.20. The highest BCUT2D eigenvalue weighted by molar-refractivity contribution is 7.93. The Morgan fingerprint density at radius 2 is 1.14 bits per heavy atom. The molecule has 1 aliphatic carbocycles. The number of ether oxygens (including phenoxy) is 2. The number of hydrogen-bond acceptors (Lipinski definition) is 7. The molecule has 0 N–H and O–H groups in total. The van der Waals surface area contributed by atoms with Crippen LogP contribution in [0.25, 0.3) is 0 Å². The fraction of sp³-hybridized carbons (Fsp3) is 0.804. The van der Waals surface area contributed by atoms with Crippen LogP contribution in [0.15, 0.2) is 53.6 Å². The minimum atomic E-state index is -0.0406. The lowest BCUT2D eigenvalue weighted by Gasteiger charge is -2.18. The molecule has 336 valence electrons. The molecule has 0 aromatic carbocycles. The average Bonchev–Trinajstić information content (AvgIpc) is 3.66. The predicted octanol–water partition coefficient (Wildman–Crippen LogP) is 16.0. The van der Waals surface area contributed by atoms with Gasteiger partial charge in [0.1, 0.15) is 0 Å². The number of esters is 1. The van der Waals surface area contributed by atoms with Crippen LogP contribution in [0.3, 0.4) is 0 Å². The summed E-state index contributed by atoms with van der Waals surface area (Å²) in [7, 11) is 0. The molecule has 3 unspecified atom stereocenters. The van der Waals surface area contributed by atoms with Gasteiger partial charge in [-0.05, 0) is 121 Å². The standard InChI is InChI=1S/C51H92N2O3S2/c1-3-5-7-9-11-13-15-17-19-21-22-24-26-28-30-32-34-38-49(47-56-51(54)45-48-39-40-50(44-48)52-41-35-36-42-53(57)58)46-55-43-37-33-31-29-27-25-23-20-18-16-14-12-10-8-6-4-2/h11-14,17-20,41,48-50,57-58H,3-10,15-16,21-40,42-47H2,1-2H3/b13-11-,14-12-,19-17-,20-18-,52-41-. The molecule has 0 heterocycles. The Hall–Kier alpha value is -1.28. The SMILES string of the molecule is CCCCC/C=C\C/C=C\CCCCCCCCCC(COCCCCCCCC/C=C\C/C=C\CCCCC)COC(=O)CC1CCC(/N=C\CCCN(S)S)C1. The number of rotatable bonds is 42. The van der Waals surface area contributed by atoms with E-state index in [1.54, 1.807) is 3.71 Å². The maximum atomic E-state index is 12.9. The summed E-state index contributed by atoms with van der Waals surface area (Å²) in [6.07, 6.45) is 59.0. The number of carbonyl (C=O) groups excluding carboxylic acids is 1. The van der Waals surface area contributed by atoms with Crippen LogP contribution in [0.1, 0.15) is 219 Å². The molecule has 0 bridgehead atoms. The molecule has 1 saturated carbocycles. The van der Waals surface area contributed by atoms with Gasteiger partial charge in [0.05, 0.1) is 13.2 Å². The summed E-state index contributed by atoms with van der Waals surface area (Å²) in [5.41, 5.74) is 0. The van der Waals surface area contributed by atoms with Crippen molar-refractivity contribution < 1.29 is 14.3 Å². The van der Waals surface area contributed by atoms with E-state index in [2.05, 4.69) is 88.1 Å². The second-order valence-electron chi connectivity index (χ2n) is 17.0. The molecule has 3 atom stereocenters. The molecule has 1 aliphatic rings. The Kier molecular flexibility index (Phi) is 41.3. The van der Waals surface area contributed by atoms with Crippen molar-refractivity contribution in [3.63, 3.8) is 0 Å². The van der Waals surface area contributed by atoms with Gasteiger partial charge in [-0.3, -0.25) is 9.79 Å². The zero-order valence-corrected chi connectivity index (χ0v) is 39.7. The molecule has 5 nitrogen and oxygen atoms in total. The maximum Gasteiger partial charge on any atom is 0.306 e. The molecule has 0 amide bonds. The molecule has 0 spiro atoms. The fourth-order valence-corrected chi connectivity index (χ4v) is 7.96. The van der Waals surface area contributed by atoms with Crippen LogP contribution in [0, 0.1) is 11.8 Å². The maximum absolute atomic E-state index is 12.9. The average molecular weight is 845 g/mol. The summed E-state index contributed by atoms with van der Waals surface area (Å²) in [5.74, 6) is 0.635. The lowest BCUT2D eigenvalue weighted by atomic mass is 10.0. The van der Waals surface area contributed by atoms with Gasteiger partial charge in [-0.15, -0.1) is 0 Å². The van der Waals surface area contributed by atoms with Gasteiger partial charge in [0.25, 0.3) is 0 Å². The van der Waals surface area contributed by atoms with E-state index in [0.29, 0.717) is 31.6 Å². The van der Waals surface area contributed by atoms with Crippen LogP contribution in [-0.4, -0.2) is 48.3 Å². The van der Waals surface area contributed by atoms with E-state index < -0.39 is 0 Å². The van der Waals surface area contributed by atoms with E-state index in [-0.39, 0.29) is 11.9 Å². The Balaban J connectivity index is 2.27. The number of thiol groups is 2. The zero-order valence-electron chi connectivity index (χ0n) is 37.9. The van der Waals surface area contributed by atoms with Crippen molar-refractivity contribution in [2.24, 2.45) is 16.8 Å². The quantitative estimate of drug-likeness (QED) is 0.0211. The van der Waals surface area contributed by atoms with Crippen LogP contribution in [0.5, 0.6) is 0 Å². The van der Waals surface area contributed by atoms with Gasteiger partial charge in [-0.1, -0.05) is 178 Å². The Morgan fingerprint density at radius 1 is 0.621 bits per heavy atom. The molecule has 7 heteroatoms. The third-order valence-corrected chi connectivity index (χ3v) is 11.8. The first-order valence-electron chi connectivity index (χ1n) is 24.5. The zero-order chi connectivity index (χ0) is 41.8. The van der Waals surface area contributed by atoms with Gasteiger partial charge in [0.15, 0.2) is 0 Å². The summed E-state index contributed by atoms with van der Waals surface area (Å²) in [6, 6.07) is 0.343. The first-order chi connectivity index (χ1) is 28.5. The lowest BCUT2D eigenvalue weighted by molar-refractivity contribution is -0.146. The van der Waals surface area contributed by atoms with Crippen molar-refractivity contribution in [3.05, 3.63) is 48.6 Å². The van der Waals surface area contributed by atoms with Crippen molar-refractivity contribution in [2.45, 2.75) is 225 Å². The number of unbranched alkanes of at least 4 members (excludes halogenated alkanes) is 20. The topological polar surface area (TPSA) is 51.1 Å². The fourth-order valence-electron chi connectivity index (χ4n) is 7.68. The molecular weight excluding hydrogens is 753 g/mol. The Bertz CT molecular complexity index is 1040. The van der Waals surface area contributed by atoms with Crippen molar-refractivity contribution in [3.8, 4) is 0 Å². The summed E-state index contributed by atoms with van der Waals surface area (Å²) < 4.78 is 13.7. The van der Waals surface area contributed by atoms with Crippen LogP contribution in [-0.2, 0) is 14.3 Å². The molecule has 0 saturated heterocycles. The number of hydrogen-bond donors (Lipinski definition) is 2. The van der Waals surface area contributed by atoms with E-state index >= 15 is 0 Å². The summed E-state index contributed by atoms with van der Waals surface area (Å²) >= 11 is 8.34. The van der Waals surface area contributed by atoms with Crippen molar-refractivity contribution in [2.75, 3.05) is 26.4 Å². The van der Waals surface area contributed by atoms with Gasteiger partial charge in [-0.25, -0.2) is 3.71 Å². The molecule has 1 fully saturated rings. The van der Waals surface area contributed by atoms with Gasteiger partial charge < -0.3 is 9.47 Å². The van der Waals surface area contributed by atoms with Crippen molar-refractivity contribution in [1.29, 1.82) is 0 Å². The van der Waals surface area contributed by atoms with Gasteiger partial charge in [-0.2, -0.15) is 0 Å². The Morgan fingerprint density at radius 3 is 1.69 bits per heavy atom. The minimum absolute atomic E-state index is 0.0406. The monoisotopic (exact) mass is 845 g/mol. The molecule has 0 radical (unpaired) electrons. The highest BCUT2D eigenvalue weighted by atomic mass is 32.2. The number of allylic oxidation sites excluding steroid dienone is 8. The van der Waals surface area contributed by atoms with Gasteiger partial charge >= 0.3 is 5.97 Å². The predicted molar refractivity (Wildman–Crippen MR) is 261 cm³/mol. The minimum Gasteiger partial charge on any atom is -0.465 e. The van der Waals surface area contributed by atoms with Crippen LogP contribution < -0.4 is 0 Å². The highest BCUT2D eigenvalue weighted by Crippen LogP contribution is 2.31. The van der Waals surface area contributed by atoms with Gasteiger partial charge in [0, 0.05) is 31.5 Å². The third-order valence-electron chi connectivity index (χ3n) is 11.4. The molecular formula is C51H92N2O3S2. The van der Waals surface area contributed by atoms with E-state index in [0.717, 1.165) is 70.9 Å². The third kappa shape index (κ3) is 38.9. The first-order valence-corrected chi connectivity index (χ1v) is 25.3. The smallest absolute Gasteiger partial charge is 0.306 e. The molecule has 1 rings (SSSR count). The van der Waals surface area contributed by atoms with Crippen molar-refractivity contribution in [1.82, 2.24) is 3.71 Å². The van der Waals surface area contributed by atoms with E-state index in [1.807, 2.05) is 6.21 Å². The first kappa shape index (κ1) is 54.7. The van der Waals surface area contributed by atoms with E-state index in [4.69, 9.17) is 14.5 Å². The largest absolute Gasteiger partial charge is 0.465 e. The molecule has 0 aliphatic heterocycles.